The summed E-state index contributed by atoms with van der Waals surface area (Å²) in [4.78, 5) is 3.84. The summed E-state index contributed by atoms with van der Waals surface area (Å²) in [5, 5.41) is 3.94. The van der Waals surface area contributed by atoms with Crippen molar-refractivity contribution in [1.29, 1.82) is 0 Å². The minimum absolute atomic E-state index is 0.205. The van der Waals surface area contributed by atoms with Crippen molar-refractivity contribution in [3.8, 4) is 0 Å². The van der Waals surface area contributed by atoms with Gasteiger partial charge in [-0.1, -0.05) is 18.2 Å². The Bertz CT molecular complexity index is 523. The summed E-state index contributed by atoms with van der Waals surface area (Å²) in [5.41, 5.74) is 0.467. The second kappa shape index (κ2) is 3.37. The third-order valence-electron chi connectivity index (χ3n) is 2.87. The van der Waals surface area contributed by atoms with Crippen LogP contribution < -0.4 is 0 Å². The number of nitrogens with zero attached hydrogens (tertiary/aromatic N) is 3. The Labute approximate surface area is 90.7 Å². The summed E-state index contributed by atoms with van der Waals surface area (Å²) >= 11 is 0. The van der Waals surface area contributed by atoms with Crippen LogP contribution in [0, 0.1) is 5.82 Å². The molecule has 0 fully saturated rings. The molecule has 16 heavy (non-hydrogen) atoms. The lowest BCUT2D eigenvalue weighted by Gasteiger charge is -2.12. The number of halogens is 2. The van der Waals surface area contributed by atoms with Crippen LogP contribution in [-0.2, 0) is 0 Å². The average molecular weight is 221 g/mol. The Hall–Kier alpha value is -1.78. The van der Waals surface area contributed by atoms with Gasteiger partial charge in [0.1, 0.15) is 12.1 Å². The van der Waals surface area contributed by atoms with Crippen LogP contribution in [0.4, 0.5) is 8.78 Å². The van der Waals surface area contributed by atoms with Crippen LogP contribution in [0.1, 0.15) is 30.0 Å². The van der Waals surface area contributed by atoms with Crippen LogP contribution in [0.15, 0.2) is 30.6 Å². The Kier molecular flexibility index (Phi) is 1.99. The van der Waals surface area contributed by atoms with Crippen LogP contribution in [0.3, 0.4) is 0 Å². The molecule has 2 atom stereocenters. The van der Waals surface area contributed by atoms with Crippen LogP contribution in [0.5, 0.6) is 0 Å². The number of hydrogen-bond donors (Lipinski definition) is 0. The third kappa shape index (κ3) is 1.24. The van der Waals surface area contributed by atoms with Gasteiger partial charge in [0.2, 0.25) is 0 Å². The molecule has 0 aliphatic carbocycles. The molecule has 0 N–H and O–H groups in total. The number of rotatable bonds is 1. The number of benzene rings is 1. The second-order valence-corrected chi connectivity index (χ2v) is 3.80. The van der Waals surface area contributed by atoms with Crippen molar-refractivity contribution in [2.24, 2.45) is 0 Å². The van der Waals surface area contributed by atoms with Gasteiger partial charge in [0.25, 0.3) is 0 Å². The third-order valence-corrected chi connectivity index (χ3v) is 2.87. The molecule has 5 heteroatoms. The van der Waals surface area contributed by atoms with E-state index in [0.29, 0.717) is 5.56 Å². The van der Waals surface area contributed by atoms with Crippen LogP contribution in [0.2, 0.25) is 0 Å². The van der Waals surface area contributed by atoms with Crippen molar-refractivity contribution >= 4 is 0 Å². The van der Waals surface area contributed by atoms with Gasteiger partial charge in [-0.2, -0.15) is 5.10 Å². The van der Waals surface area contributed by atoms with Gasteiger partial charge in [0.05, 0.1) is 6.04 Å². The summed E-state index contributed by atoms with van der Waals surface area (Å²) in [5.74, 6) is -0.0451. The normalized spacial score (nSPS) is 23.4. The zero-order valence-electron chi connectivity index (χ0n) is 8.35. The van der Waals surface area contributed by atoms with Crippen LogP contribution in [0.25, 0.3) is 0 Å². The van der Waals surface area contributed by atoms with Gasteiger partial charge in [-0.05, 0) is 6.07 Å². The van der Waals surface area contributed by atoms with E-state index in [1.165, 1.54) is 17.1 Å². The predicted molar refractivity (Wildman–Crippen MR) is 53.0 cm³/mol. The zero-order chi connectivity index (χ0) is 11.1. The quantitative estimate of drug-likeness (QED) is 0.740. The number of aromatic nitrogens is 3. The largest absolute Gasteiger partial charge is 0.239 e. The van der Waals surface area contributed by atoms with Crippen molar-refractivity contribution in [2.45, 2.75) is 18.6 Å². The van der Waals surface area contributed by atoms with Gasteiger partial charge < -0.3 is 0 Å². The van der Waals surface area contributed by atoms with E-state index in [2.05, 4.69) is 10.1 Å². The Morgan fingerprint density at radius 3 is 2.94 bits per heavy atom. The Balaban J connectivity index is 2.09. The molecule has 1 aliphatic heterocycles. The molecule has 82 valence electrons. The van der Waals surface area contributed by atoms with Gasteiger partial charge in [0, 0.05) is 12.0 Å². The van der Waals surface area contributed by atoms with E-state index in [9.17, 15) is 8.78 Å². The molecular weight excluding hydrogens is 212 g/mol. The van der Waals surface area contributed by atoms with Crippen molar-refractivity contribution in [3.05, 3.63) is 47.8 Å². The summed E-state index contributed by atoms with van der Waals surface area (Å²) in [6.07, 6.45) is 0.346. The molecule has 3 rings (SSSR count). The minimum Gasteiger partial charge on any atom is -0.239 e. The first-order valence-corrected chi connectivity index (χ1v) is 5.05. The maximum absolute atomic E-state index is 13.6. The Morgan fingerprint density at radius 2 is 2.12 bits per heavy atom. The summed E-state index contributed by atoms with van der Waals surface area (Å²) < 4.78 is 28.6. The fourth-order valence-electron chi connectivity index (χ4n) is 2.13. The monoisotopic (exact) mass is 221 g/mol. The highest BCUT2D eigenvalue weighted by molar-refractivity contribution is 5.24. The van der Waals surface area contributed by atoms with Crippen molar-refractivity contribution in [3.63, 3.8) is 0 Å². The van der Waals surface area contributed by atoms with E-state index in [1.807, 2.05) is 0 Å². The van der Waals surface area contributed by atoms with Crippen molar-refractivity contribution in [2.75, 3.05) is 0 Å². The highest BCUT2D eigenvalue weighted by Crippen LogP contribution is 2.39. The predicted octanol–water partition coefficient (Wildman–Crippen LogP) is 2.42. The molecule has 1 aliphatic rings. The topological polar surface area (TPSA) is 30.7 Å². The minimum atomic E-state index is -1.16. The first-order chi connectivity index (χ1) is 7.77. The molecule has 0 unspecified atom stereocenters. The molecule has 0 saturated heterocycles. The molecule has 0 radical (unpaired) electrons. The van der Waals surface area contributed by atoms with Crippen LogP contribution in [-0.4, -0.2) is 14.8 Å². The SMILES string of the molecule is Fc1ccccc1[C@@H]1C[C@H](F)c2ncnn21. The first kappa shape index (κ1) is 9.45. The molecule has 1 aromatic heterocycles. The molecule has 1 aromatic carbocycles. The van der Waals surface area contributed by atoms with E-state index in [0.717, 1.165) is 0 Å². The molecule has 0 saturated carbocycles. The number of hydrogen-bond acceptors (Lipinski definition) is 2. The van der Waals surface area contributed by atoms with E-state index in [4.69, 9.17) is 0 Å². The molecule has 3 nitrogen and oxygen atoms in total. The lowest BCUT2D eigenvalue weighted by atomic mass is 10.0. The summed E-state index contributed by atoms with van der Waals surface area (Å²) in [6.45, 7) is 0. The summed E-state index contributed by atoms with van der Waals surface area (Å²) in [7, 11) is 0. The zero-order valence-corrected chi connectivity index (χ0v) is 8.35. The van der Waals surface area contributed by atoms with E-state index in [-0.39, 0.29) is 24.1 Å². The van der Waals surface area contributed by atoms with E-state index in [1.54, 1.807) is 18.2 Å². The van der Waals surface area contributed by atoms with Gasteiger partial charge in [-0.15, -0.1) is 0 Å². The maximum Gasteiger partial charge on any atom is 0.162 e. The number of alkyl halides is 1. The van der Waals surface area contributed by atoms with E-state index < -0.39 is 6.17 Å². The standard InChI is InChI=1S/C11H9F2N3/c12-8-4-2-1-3-7(8)10-5-9(13)11-14-6-15-16(10)11/h1-4,6,9-10H,5H2/t9-,10-/m0/s1. The molecular formula is C11H9F2N3. The number of fused-ring (bicyclic) bond motifs is 1. The highest BCUT2D eigenvalue weighted by Gasteiger charge is 2.35. The maximum atomic E-state index is 13.6. The van der Waals surface area contributed by atoms with Crippen molar-refractivity contribution in [1.82, 2.24) is 14.8 Å². The second-order valence-electron chi connectivity index (χ2n) is 3.80. The fraction of sp³-hybridized carbons (Fsp3) is 0.273. The lowest BCUT2D eigenvalue weighted by molar-refractivity contribution is 0.327. The smallest absolute Gasteiger partial charge is 0.162 e. The highest BCUT2D eigenvalue weighted by atomic mass is 19.1. The van der Waals surface area contributed by atoms with Gasteiger partial charge in [0.15, 0.2) is 12.0 Å². The summed E-state index contributed by atoms with van der Waals surface area (Å²) in [6, 6.07) is 6.00. The molecule has 0 bridgehead atoms. The van der Waals surface area contributed by atoms with Gasteiger partial charge >= 0.3 is 0 Å². The van der Waals surface area contributed by atoms with Crippen molar-refractivity contribution < 1.29 is 8.78 Å². The fourth-order valence-corrected chi connectivity index (χ4v) is 2.13. The molecule has 2 heterocycles. The molecule has 2 aromatic rings. The van der Waals surface area contributed by atoms with Gasteiger partial charge in [-0.3, -0.25) is 0 Å². The lowest BCUT2D eigenvalue weighted by Crippen LogP contribution is -2.08. The average Bonchev–Trinajstić information content (AvgIpc) is 2.84. The van der Waals surface area contributed by atoms with E-state index >= 15 is 0 Å². The molecule has 0 amide bonds. The van der Waals surface area contributed by atoms with Gasteiger partial charge in [-0.25, -0.2) is 18.4 Å². The molecule has 0 spiro atoms. The van der Waals surface area contributed by atoms with Crippen LogP contribution >= 0.6 is 0 Å². The first-order valence-electron chi connectivity index (χ1n) is 5.05. The Morgan fingerprint density at radius 1 is 1.31 bits per heavy atom.